The fourth-order valence-electron chi connectivity index (χ4n) is 2.03. The molecule has 2 aromatic heterocycles. The summed E-state index contributed by atoms with van der Waals surface area (Å²) in [6, 6.07) is 2.09. The molecule has 114 valence electrons. The zero-order chi connectivity index (χ0) is 15.6. The molecule has 7 heteroatoms. The number of fused-ring (bicyclic) bond motifs is 1. The Hall–Kier alpha value is -1.89. The molecule has 2 aromatic rings. The van der Waals surface area contributed by atoms with E-state index in [1.165, 1.54) is 4.88 Å². The molecule has 0 aliphatic carbocycles. The summed E-state index contributed by atoms with van der Waals surface area (Å²) in [7, 11) is 3.50. The summed E-state index contributed by atoms with van der Waals surface area (Å²) in [5.41, 5.74) is 5.82. The minimum absolute atomic E-state index is 0.0353. The molecule has 0 fully saturated rings. The van der Waals surface area contributed by atoms with Crippen LogP contribution in [0.4, 0.5) is 11.8 Å². The van der Waals surface area contributed by atoms with Gasteiger partial charge in [-0.15, -0.1) is 11.3 Å². The molecule has 0 saturated heterocycles. The summed E-state index contributed by atoms with van der Waals surface area (Å²) in [4.78, 5) is 26.3. The largest absolute Gasteiger partial charge is 0.368 e. The molecule has 0 spiro atoms. The summed E-state index contributed by atoms with van der Waals surface area (Å²) >= 11 is 1.63. The van der Waals surface area contributed by atoms with Crippen LogP contribution in [0.1, 0.15) is 18.7 Å². The number of carbonyl (C=O) groups excluding carboxylic acids is 1. The standard InChI is InChI=1S/C14H21N5OS/c1-5-9-7-10-12(16-14(15)17-13(10)21-9)19(6-2)8-11(20)18(3)4/h7H,5-6,8H2,1-4H3,(H2,15,16,17). The van der Waals surface area contributed by atoms with Crippen molar-refractivity contribution in [3.63, 3.8) is 0 Å². The topological polar surface area (TPSA) is 75.4 Å². The minimum atomic E-state index is 0.0353. The number of amides is 1. The quantitative estimate of drug-likeness (QED) is 0.911. The Kier molecular flexibility index (Phi) is 4.62. The number of rotatable bonds is 5. The van der Waals surface area contributed by atoms with E-state index in [9.17, 15) is 4.79 Å². The van der Waals surface area contributed by atoms with Crippen LogP contribution in [0.15, 0.2) is 6.07 Å². The molecule has 0 aromatic carbocycles. The van der Waals surface area contributed by atoms with Crippen LogP contribution in [-0.2, 0) is 11.2 Å². The number of anilines is 2. The van der Waals surface area contributed by atoms with E-state index < -0.39 is 0 Å². The molecule has 1 amide bonds. The molecular weight excluding hydrogens is 286 g/mol. The van der Waals surface area contributed by atoms with Crippen LogP contribution in [0.25, 0.3) is 10.2 Å². The molecule has 0 radical (unpaired) electrons. The molecule has 2 heterocycles. The Morgan fingerprint density at radius 2 is 2.05 bits per heavy atom. The number of likely N-dealkylation sites (N-methyl/N-ethyl adjacent to an activating group) is 2. The maximum atomic E-state index is 12.0. The lowest BCUT2D eigenvalue weighted by atomic mass is 10.3. The summed E-state index contributed by atoms with van der Waals surface area (Å²) in [5, 5.41) is 0.972. The Balaban J connectivity index is 2.46. The van der Waals surface area contributed by atoms with Crippen molar-refractivity contribution in [2.75, 3.05) is 37.8 Å². The fourth-order valence-corrected chi connectivity index (χ4v) is 3.00. The number of hydrogen-bond donors (Lipinski definition) is 1. The minimum Gasteiger partial charge on any atom is -0.368 e. The number of aromatic nitrogens is 2. The van der Waals surface area contributed by atoms with Crippen LogP contribution in [0, 0.1) is 0 Å². The number of nitrogens with zero attached hydrogens (tertiary/aromatic N) is 4. The monoisotopic (exact) mass is 307 g/mol. The summed E-state index contributed by atoms with van der Waals surface area (Å²) in [6.45, 7) is 5.07. The van der Waals surface area contributed by atoms with Crippen molar-refractivity contribution in [2.45, 2.75) is 20.3 Å². The first kappa shape index (κ1) is 15.5. The second kappa shape index (κ2) is 6.26. The fraction of sp³-hybridized carbons (Fsp3) is 0.500. The Morgan fingerprint density at radius 3 is 2.62 bits per heavy atom. The molecule has 0 saturated carbocycles. The van der Waals surface area contributed by atoms with Gasteiger partial charge in [0, 0.05) is 25.5 Å². The zero-order valence-corrected chi connectivity index (χ0v) is 13.7. The van der Waals surface area contributed by atoms with Gasteiger partial charge in [-0.3, -0.25) is 4.79 Å². The molecule has 2 N–H and O–H groups in total. The average molecular weight is 307 g/mol. The molecule has 21 heavy (non-hydrogen) atoms. The third-order valence-electron chi connectivity index (χ3n) is 3.30. The van der Waals surface area contributed by atoms with Crippen LogP contribution in [0.2, 0.25) is 0 Å². The van der Waals surface area contributed by atoms with E-state index in [2.05, 4.69) is 23.0 Å². The highest BCUT2D eigenvalue weighted by Gasteiger charge is 2.18. The van der Waals surface area contributed by atoms with Gasteiger partial charge in [-0.05, 0) is 19.4 Å². The van der Waals surface area contributed by atoms with E-state index in [4.69, 9.17) is 5.73 Å². The number of nitrogens with two attached hydrogens (primary N) is 1. The molecule has 0 aliphatic heterocycles. The van der Waals surface area contributed by atoms with Gasteiger partial charge in [-0.2, -0.15) is 4.98 Å². The highest BCUT2D eigenvalue weighted by molar-refractivity contribution is 7.18. The van der Waals surface area contributed by atoms with Crippen LogP contribution in [0.5, 0.6) is 0 Å². The normalized spacial score (nSPS) is 10.9. The molecular formula is C14H21N5OS. The first-order chi connectivity index (χ1) is 9.96. The van der Waals surface area contributed by atoms with Crippen molar-refractivity contribution in [1.29, 1.82) is 0 Å². The predicted molar refractivity (Wildman–Crippen MR) is 87.8 cm³/mol. The Morgan fingerprint density at radius 1 is 1.33 bits per heavy atom. The van der Waals surface area contributed by atoms with Crippen LogP contribution < -0.4 is 10.6 Å². The second-order valence-electron chi connectivity index (χ2n) is 4.99. The van der Waals surface area contributed by atoms with Crippen molar-refractivity contribution in [3.8, 4) is 0 Å². The summed E-state index contributed by atoms with van der Waals surface area (Å²) in [5.74, 6) is 1.03. The molecule has 0 bridgehead atoms. The van der Waals surface area contributed by atoms with Crippen molar-refractivity contribution < 1.29 is 4.79 Å². The average Bonchev–Trinajstić information content (AvgIpc) is 2.86. The molecule has 0 aliphatic rings. The van der Waals surface area contributed by atoms with Crippen molar-refractivity contribution >= 4 is 39.2 Å². The number of thiophene rings is 1. The van der Waals surface area contributed by atoms with Gasteiger partial charge < -0.3 is 15.5 Å². The summed E-state index contributed by atoms with van der Waals surface area (Å²) in [6.07, 6.45) is 0.948. The first-order valence-corrected chi connectivity index (χ1v) is 7.78. The maximum Gasteiger partial charge on any atom is 0.241 e. The lowest BCUT2D eigenvalue weighted by Gasteiger charge is -2.23. The number of nitrogen functional groups attached to an aromatic ring is 1. The van der Waals surface area contributed by atoms with Crippen molar-refractivity contribution in [3.05, 3.63) is 10.9 Å². The second-order valence-corrected chi connectivity index (χ2v) is 6.11. The molecule has 2 rings (SSSR count). The van der Waals surface area contributed by atoms with Gasteiger partial charge in [-0.25, -0.2) is 4.98 Å². The molecule has 0 atom stereocenters. The maximum absolute atomic E-state index is 12.0. The highest BCUT2D eigenvalue weighted by Crippen LogP contribution is 2.31. The van der Waals surface area contributed by atoms with E-state index in [0.717, 1.165) is 22.5 Å². The zero-order valence-electron chi connectivity index (χ0n) is 12.9. The van der Waals surface area contributed by atoms with E-state index in [0.29, 0.717) is 6.54 Å². The van der Waals surface area contributed by atoms with Gasteiger partial charge in [-0.1, -0.05) is 6.92 Å². The number of hydrogen-bond acceptors (Lipinski definition) is 6. The van der Waals surface area contributed by atoms with Crippen molar-refractivity contribution in [1.82, 2.24) is 14.9 Å². The van der Waals surface area contributed by atoms with E-state index >= 15 is 0 Å². The molecule has 6 nitrogen and oxygen atoms in total. The number of aryl methyl sites for hydroxylation is 1. The predicted octanol–water partition coefficient (Wildman–Crippen LogP) is 1.75. The van der Waals surface area contributed by atoms with Crippen molar-refractivity contribution in [2.24, 2.45) is 0 Å². The van der Waals surface area contributed by atoms with Crippen LogP contribution in [-0.4, -0.2) is 48.0 Å². The lowest BCUT2D eigenvalue weighted by Crippen LogP contribution is -2.37. The van der Waals surface area contributed by atoms with Crippen LogP contribution >= 0.6 is 11.3 Å². The summed E-state index contributed by atoms with van der Waals surface area (Å²) < 4.78 is 0. The lowest BCUT2D eigenvalue weighted by molar-refractivity contribution is -0.127. The van der Waals surface area contributed by atoms with Gasteiger partial charge >= 0.3 is 0 Å². The van der Waals surface area contributed by atoms with E-state index in [-0.39, 0.29) is 18.4 Å². The molecule has 0 unspecified atom stereocenters. The van der Waals surface area contributed by atoms with Gasteiger partial charge in [0.1, 0.15) is 10.6 Å². The third-order valence-corrected chi connectivity index (χ3v) is 4.47. The van der Waals surface area contributed by atoms with Gasteiger partial charge in [0.25, 0.3) is 0 Å². The van der Waals surface area contributed by atoms with Gasteiger partial charge in [0.05, 0.1) is 11.9 Å². The number of carbonyl (C=O) groups is 1. The van der Waals surface area contributed by atoms with Gasteiger partial charge in [0.2, 0.25) is 11.9 Å². The van der Waals surface area contributed by atoms with E-state index in [1.807, 2.05) is 11.8 Å². The van der Waals surface area contributed by atoms with Crippen LogP contribution in [0.3, 0.4) is 0 Å². The van der Waals surface area contributed by atoms with Gasteiger partial charge in [0.15, 0.2) is 0 Å². The highest BCUT2D eigenvalue weighted by atomic mass is 32.1. The SMILES string of the molecule is CCc1cc2c(N(CC)CC(=O)N(C)C)nc(N)nc2s1. The first-order valence-electron chi connectivity index (χ1n) is 6.97. The third kappa shape index (κ3) is 3.24. The Bertz CT molecular complexity index is 652. The smallest absolute Gasteiger partial charge is 0.241 e. The van der Waals surface area contributed by atoms with E-state index in [1.54, 1.807) is 30.3 Å². The Labute approximate surface area is 128 Å².